The second kappa shape index (κ2) is 7.82. The fourth-order valence-corrected chi connectivity index (χ4v) is 5.50. The van der Waals surface area contributed by atoms with Crippen LogP contribution in [0.3, 0.4) is 0 Å². The molecule has 1 aromatic carbocycles. The van der Waals surface area contributed by atoms with Crippen molar-refractivity contribution in [1.29, 1.82) is 5.26 Å². The number of anilines is 1. The van der Waals surface area contributed by atoms with Crippen LogP contribution in [0.2, 0.25) is 0 Å². The molecule has 28 heavy (non-hydrogen) atoms. The molecule has 4 rings (SSSR count). The van der Waals surface area contributed by atoms with Gasteiger partial charge in [-0.15, -0.1) is 11.3 Å². The number of nitriles is 1. The summed E-state index contributed by atoms with van der Waals surface area (Å²) < 4.78 is 2.01. The second-order valence-corrected chi connectivity index (χ2v) is 8.86. The zero-order valence-electron chi connectivity index (χ0n) is 15.8. The van der Waals surface area contributed by atoms with E-state index in [0.29, 0.717) is 10.6 Å². The fourth-order valence-electron chi connectivity index (χ4n) is 3.48. The number of amides is 1. The van der Waals surface area contributed by atoms with E-state index in [2.05, 4.69) is 42.4 Å². The molecule has 1 amide bonds. The molecule has 1 N–H and O–H groups in total. The van der Waals surface area contributed by atoms with Crippen molar-refractivity contribution in [1.82, 2.24) is 9.55 Å². The Bertz CT molecular complexity index is 1090. The fraction of sp³-hybridized carbons (Fsp3) is 0.286. The smallest absolute Gasteiger partial charge is 0.235 e. The predicted octanol–water partition coefficient (Wildman–Crippen LogP) is 4.64. The quantitative estimate of drug-likeness (QED) is 0.624. The zero-order valence-corrected chi connectivity index (χ0v) is 17.4. The topological polar surface area (TPSA) is 70.7 Å². The number of fused-ring (bicyclic) bond motifs is 1. The maximum Gasteiger partial charge on any atom is 0.235 e. The van der Waals surface area contributed by atoms with Gasteiger partial charge < -0.3 is 5.32 Å². The molecule has 7 heteroatoms. The Morgan fingerprint density at radius 3 is 3.07 bits per heavy atom. The van der Waals surface area contributed by atoms with Gasteiger partial charge in [-0.2, -0.15) is 5.26 Å². The number of imidazole rings is 1. The molecule has 0 spiro atoms. The molecule has 0 fully saturated rings. The lowest BCUT2D eigenvalue weighted by molar-refractivity contribution is -0.113. The Labute approximate surface area is 172 Å². The highest BCUT2D eigenvalue weighted by molar-refractivity contribution is 7.99. The summed E-state index contributed by atoms with van der Waals surface area (Å²) in [4.78, 5) is 18.2. The van der Waals surface area contributed by atoms with Crippen LogP contribution in [0.5, 0.6) is 0 Å². The SMILES string of the molecule is Cc1cccc(-n2ccnc2SCC(=O)Nc2sc3c(c2C#N)CCC3)c1C. The van der Waals surface area contributed by atoms with Crippen molar-refractivity contribution in [3.63, 3.8) is 0 Å². The highest BCUT2D eigenvalue weighted by Crippen LogP contribution is 2.38. The largest absolute Gasteiger partial charge is 0.316 e. The van der Waals surface area contributed by atoms with Crippen LogP contribution >= 0.6 is 23.1 Å². The Morgan fingerprint density at radius 1 is 1.39 bits per heavy atom. The zero-order chi connectivity index (χ0) is 19.7. The molecule has 0 unspecified atom stereocenters. The summed E-state index contributed by atoms with van der Waals surface area (Å²) in [5, 5.41) is 13.9. The first kappa shape index (κ1) is 18.8. The van der Waals surface area contributed by atoms with E-state index in [1.807, 2.05) is 16.8 Å². The van der Waals surface area contributed by atoms with Gasteiger partial charge in [0.2, 0.25) is 5.91 Å². The van der Waals surface area contributed by atoms with E-state index in [-0.39, 0.29) is 11.7 Å². The van der Waals surface area contributed by atoms with Gasteiger partial charge in [-0.1, -0.05) is 23.9 Å². The van der Waals surface area contributed by atoms with Crippen molar-refractivity contribution in [2.24, 2.45) is 0 Å². The number of rotatable bonds is 5. The maximum atomic E-state index is 12.5. The van der Waals surface area contributed by atoms with Gasteiger partial charge in [0.05, 0.1) is 17.0 Å². The molecule has 0 aliphatic heterocycles. The van der Waals surface area contributed by atoms with Gasteiger partial charge in [0.25, 0.3) is 0 Å². The van der Waals surface area contributed by atoms with E-state index in [1.165, 1.54) is 27.8 Å². The van der Waals surface area contributed by atoms with Crippen molar-refractivity contribution >= 4 is 34.0 Å². The molecule has 3 aromatic rings. The minimum absolute atomic E-state index is 0.114. The number of aryl methyl sites for hydroxylation is 2. The van der Waals surface area contributed by atoms with Crippen LogP contribution in [-0.4, -0.2) is 21.2 Å². The second-order valence-electron chi connectivity index (χ2n) is 6.81. The number of hydrogen-bond acceptors (Lipinski definition) is 5. The van der Waals surface area contributed by atoms with Gasteiger partial charge in [-0.3, -0.25) is 9.36 Å². The minimum atomic E-state index is -0.114. The highest BCUT2D eigenvalue weighted by atomic mass is 32.2. The van der Waals surface area contributed by atoms with Crippen molar-refractivity contribution in [2.75, 3.05) is 11.1 Å². The van der Waals surface area contributed by atoms with Gasteiger partial charge in [-0.05, 0) is 55.9 Å². The van der Waals surface area contributed by atoms with Gasteiger partial charge in [-0.25, -0.2) is 4.98 Å². The first-order valence-corrected chi connectivity index (χ1v) is 11.0. The number of nitrogens with zero attached hydrogens (tertiary/aromatic N) is 3. The highest BCUT2D eigenvalue weighted by Gasteiger charge is 2.23. The first-order chi connectivity index (χ1) is 13.6. The van der Waals surface area contributed by atoms with E-state index in [4.69, 9.17) is 0 Å². The van der Waals surface area contributed by atoms with E-state index in [1.54, 1.807) is 17.5 Å². The average Bonchev–Trinajstić information content (AvgIpc) is 3.38. The van der Waals surface area contributed by atoms with E-state index in [0.717, 1.165) is 35.7 Å². The van der Waals surface area contributed by atoms with Crippen LogP contribution in [0, 0.1) is 25.2 Å². The normalized spacial score (nSPS) is 12.6. The van der Waals surface area contributed by atoms with Crippen LogP contribution < -0.4 is 5.32 Å². The number of benzene rings is 1. The Kier molecular flexibility index (Phi) is 5.25. The van der Waals surface area contributed by atoms with Crippen LogP contribution in [0.4, 0.5) is 5.00 Å². The van der Waals surface area contributed by atoms with Crippen molar-refractivity contribution in [3.8, 4) is 11.8 Å². The summed E-state index contributed by atoms with van der Waals surface area (Å²) >= 11 is 2.94. The monoisotopic (exact) mass is 408 g/mol. The maximum absolute atomic E-state index is 12.5. The molecular weight excluding hydrogens is 388 g/mol. The molecule has 2 heterocycles. The Morgan fingerprint density at radius 2 is 2.25 bits per heavy atom. The lowest BCUT2D eigenvalue weighted by Crippen LogP contribution is -2.14. The summed E-state index contributed by atoms with van der Waals surface area (Å²) in [6.45, 7) is 4.17. The average molecular weight is 409 g/mol. The van der Waals surface area contributed by atoms with E-state index >= 15 is 0 Å². The molecular formula is C21H20N4OS2. The van der Waals surface area contributed by atoms with Crippen molar-refractivity contribution in [3.05, 3.63) is 57.7 Å². The van der Waals surface area contributed by atoms with Crippen molar-refractivity contribution in [2.45, 2.75) is 38.3 Å². The Balaban J connectivity index is 1.47. The Hall–Kier alpha value is -2.56. The summed E-state index contributed by atoms with van der Waals surface area (Å²) in [6, 6.07) is 8.43. The van der Waals surface area contributed by atoms with Crippen LogP contribution in [0.15, 0.2) is 35.7 Å². The third kappa shape index (κ3) is 3.46. The number of hydrogen-bond donors (Lipinski definition) is 1. The summed E-state index contributed by atoms with van der Waals surface area (Å²) in [5.74, 6) is 0.131. The summed E-state index contributed by atoms with van der Waals surface area (Å²) in [6.07, 6.45) is 6.71. The summed E-state index contributed by atoms with van der Waals surface area (Å²) in [5.41, 5.74) is 5.25. The standard InChI is InChI=1S/C21H20N4OS2/c1-13-5-3-7-17(14(13)2)25-10-9-23-21(25)27-12-19(26)24-20-16(11-22)15-6-4-8-18(15)28-20/h3,5,7,9-10H,4,6,8,12H2,1-2H3,(H,24,26). The first-order valence-electron chi connectivity index (χ1n) is 9.15. The molecule has 142 valence electrons. The van der Waals surface area contributed by atoms with Gasteiger partial charge in [0, 0.05) is 17.3 Å². The number of carbonyl (C=O) groups is 1. The molecule has 1 aliphatic rings. The van der Waals surface area contributed by atoms with Crippen LogP contribution in [0.1, 0.15) is 33.6 Å². The number of carbonyl (C=O) groups excluding carboxylic acids is 1. The lowest BCUT2D eigenvalue weighted by Gasteiger charge is -2.12. The molecule has 0 saturated heterocycles. The molecule has 5 nitrogen and oxygen atoms in total. The molecule has 0 atom stereocenters. The van der Waals surface area contributed by atoms with E-state index < -0.39 is 0 Å². The lowest BCUT2D eigenvalue weighted by atomic mass is 10.1. The van der Waals surface area contributed by atoms with Gasteiger partial charge >= 0.3 is 0 Å². The molecule has 1 aliphatic carbocycles. The molecule has 0 bridgehead atoms. The van der Waals surface area contributed by atoms with E-state index in [9.17, 15) is 10.1 Å². The minimum Gasteiger partial charge on any atom is -0.316 e. The number of aromatic nitrogens is 2. The van der Waals surface area contributed by atoms with Crippen molar-refractivity contribution < 1.29 is 4.79 Å². The predicted molar refractivity (Wildman–Crippen MR) is 113 cm³/mol. The van der Waals surface area contributed by atoms with Crippen LogP contribution in [0.25, 0.3) is 5.69 Å². The summed E-state index contributed by atoms with van der Waals surface area (Å²) in [7, 11) is 0. The number of thioether (sulfide) groups is 1. The third-order valence-electron chi connectivity index (χ3n) is 5.06. The molecule has 2 aromatic heterocycles. The van der Waals surface area contributed by atoms with Crippen LogP contribution in [-0.2, 0) is 17.6 Å². The third-order valence-corrected chi connectivity index (χ3v) is 7.23. The van der Waals surface area contributed by atoms with Gasteiger partial charge in [0.15, 0.2) is 5.16 Å². The molecule has 0 radical (unpaired) electrons. The molecule has 0 saturated carbocycles. The number of thiophene rings is 1. The number of nitrogens with one attached hydrogen (secondary N) is 1. The van der Waals surface area contributed by atoms with Gasteiger partial charge in [0.1, 0.15) is 11.1 Å².